The number of hydrogen-bond donors (Lipinski definition) is 0. The second kappa shape index (κ2) is 7.47. The molecule has 0 N–H and O–H groups in total. The van der Waals surface area contributed by atoms with Crippen LogP contribution in [-0.4, -0.2) is 30.4 Å². The SMILES string of the molecule is CCCN1C(=O)/C(=C\c2ccc(C(C)C)cc2)C(C(=O)OC)=C1C. The van der Waals surface area contributed by atoms with Gasteiger partial charge in [-0.25, -0.2) is 4.79 Å². The van der Waals surface area contributed by atoms with E-state index in [1.807, 2.05) is 19.1 Å². The summed E-state index contributed by atoms with van der Waals surface area (Å²) in [5.41, 5.74) is 3.57. The number of hydrogen-bond acceptors (Lipinski definition) is 3. The average Bonchev–Trinajstić information content (AvgIpc) is 2.79. The highest BCUT2D eigenvalue weighted by Crippen LogP contribution is 2.31. The fourth-order valence-electron chi connectivity index (χ4n) is 2.86. The summed E-state index contributed by atoms with van der Waals surface area (Å²) in [5, 5.41) is 0. The van der Waals surface area contributed by atoms with Gasteiger partial charge in [-0.15, -0.1) is 0 Å². The third kappa shape index (κ3) is 3.42. The summed E-state index contributed by atoms with van der Waals surface area (Å²) in [6, 6.07) is 8.05. The van der Waals surface area contributed by atoms with Gasteiger partial charge < -0.3 is 9.64 Å². The van der Waals surface area contributed by atoms with Gasteiger partial charge in [0.1, 0.15) is 0 Å². The maximum atomic E-state index is 12.7. The number of carbonyl (C=O) groups excluding carboxylic acids is 2. The molecule has 128 valence electrons. The van der Waals surface area contributed by atoms with Crippen LogP contribution in [0.15, 0.2) is 41.1 Å². The van der Waals surface area contributed by atoms with E-state index in [0.717, 1.165) is 12.0 Å². The molecule has 0 aromatic heterocycles. The van der Waals surface area contributed by atoms with Crippen LogP contribution < -0.4 is 0 Å². The zero-order valence-corrected chi connectivity index (χ0v) is 15.1. The molecule has 0 bridgehead atoms. The van der Waals surface area contributed by atoms with Crippen molar-refractivity contribution < 1.29 is 14.3 Å². The predicted molar refractivity (Wildman–Crippen MR) is 95.2 cm³/mol. The van der Waals surface area contributed by atoms with Gasteiger partial charge in [0.05, 0.1) is 18.3 Å². The lowest BCUT2D eigenvalue weighted by atomic mass is 9.99. The van der Waals surface area contributed by atoms with Gasteiger partial charge in [0.25, 0.3) is 5.91 Å². The molecule has 1 aliphatic rings. The van der Waals surface area contributed by atoms with E-state index in [1.165, 1.54) is 12.7 Å². The van der Waals surface area contributed by atoms with Crippen molar-refractivity contribution in [3.05, 3.63) is 52.2 Å². The van der Waals surface area contributed by atoms with E-state index in [-0.39, 0.29) is 5.91 Å². The van der Waals surface area contributed by atoms with E-state index in [1.54, 1.807) is 17.9 Å². The number of amides is 1. The minimum Gasteiger partial charge on any atom is -0.465 e. The molecule has 4 nitrogen and oxygen atoms in total. The quantitative estimate of drug-likeness (QED) is 0.609. The van der Waals surface area contributed by atoms with Gasteiger partial charge in [0.15, 0.2) is 0 Å². The zero-order valence-electron chi connectivity index (χ0n) is 15.1. The molecule has 0 atom stereocenters. The van der Waals surface area contributed by atoms with Crippen LogP contribution in [0.25, 0.3) is 6.08 Å². The number of rotatable bonds is 5. The predicted octanol–water partition coefficient (Wildman–Crippen LogP) is 3.89. The molecule has 0 saturated carbocycles. The highest BCUT2D eigenvalue weighted by Gasteiger charge is 2.36. The van der Waals surface area contributed by atoms with Crippen molar-refractivity contribution in [2.75, 3.05) is 13.7 Å². The normalized spacial score (nSPS) is 16.5. The Bertz CT molecular complexity index is 696. The molecular formula is C20H25NO3. The lowest BCUT2D eigenvalue weighted by Gasteiger charge is -2.16. The molecule has 1 amide bonds. The zero-order chi connectivity index (χ0) is 17.9. The van der Waals surface area contributed by atoms with E-state index in [9.17, 15) is 9.59 Å². The number of esters is 1. The molecule has 1 heterocycles. The first-order valence-corrected chi connectivity index (χ1v) is 8.33. The van der Waals surface area contributed by atoms with E-state index in [2.05, 4.69) is 26.0 Å². The number of methoxy groups -OCH3 is 1. The molecule has 4 heteroatoms. The Balaban J connectivity index is 2.45. The van der Waals surface area contributed by atoms with Crippen LogP contribution in [0.4, 0.5) is 0 Å². The van der Waals surface area contributed by atoms with Crippen LogP contribution in [0, 0.1) is 0 Å². The Labute approximate surface area is 143 Å². The summed E-state index contributed by atoms with van der Waals surface area (Å²) in [6.07, 6.45) is 2.60. The van der Waals surface area contributed by atoms with Gasteiger partial charge >= 0.3 is 5.97 Å². The number of allylic oxidation sites excluding steroid dienone is 1. The molecule has 1 aromatic rings. The monoisotopic (exact) mass is 327 g/mol. The molecule has 0 radical (unpaired) electrons. The van der Waals surface area contributed by atoms with E-state index < -0.39 is 5.97 Å². The molecule has 0 fully saturated rings. The Morgan fingerprint density at radius 2 is 1.88 bits per heavy atom. The summed E-state index contributed by atoms with van der Waals surface area (Å²) >= 11 is 0. The molecule has 0 unspecified atom stereocenters. The van der Waals surface area contributed by atoms with Crippen molar-refractivity contribution in [2.24, 2.45) is 0 Å². The highest BCUT2D eigenvalue weighted by atomic mass is 16.5. The number of carbonyl (C=O) groups is 2. The fraction of sp³-hybridized carbons (Fsp3) is 0.400. The minimum absolute atomic E-state index is 0.136. The Morgan fingerprint density at radius 1 is 1.25 bits per heavy atom. The largest absolute Gasteiger partial charge is 0.465 e. The summed E-state index contributed by atoms with van der Waals surface area (Å²) in [4.78, 5) is 26.5. The topological polar surface area (TPSA) is 46.6 Å². The fourth-order valence-corrected chi connectivity index (χ4v) is 2.86. The van der Waals surface area contributed by atoms with E-state index in [0.29, 0.717) is 29.3 Å². The van der Waals surface area contributed by atoms with Gasteiger partial charge in [-0.1, -0.05) is 45.0 Å². The van der Waals surface area contributed by atoms with Gasteiger partial charge in [-0.05, 0) is 36.5 Å². The third-order valence-corrected chi connectivity index (χ3v) is 4.26. The summed E-state index contributed by atoms with van der Waals surface area (Å²) in [6.45, 7) is 8.66. The molecule has 0 aliphatic carbocycles. The summed E-state index contributed by atoms with van der Waals surface area (Å²) in [7, 11) is 1.34. The number of nitrogens with zero attached hydrogens (tertiary/aromatic N) is 1. The van der Waals surface area contributed by atoms with Crippen molar-refractivity contribution in [2.45, 2.75) is 40.0 Å². The number of benzene rings is 1. The molecule has 24 heavy (non-hydrogen) atoms. The lowest BCUT2D eigenvalue weighted by Crippen LogP contribution is -2.25. The van der Waals surface area contributed by atoms with Gasteiger partial charge in [0.2, 0.25) is 0 Å². The van der Waals surface area contributed by atoms with Crippen LogP contribution in [0.2, 0.25) is 0 Å². The van der Waals surface area contributed by atoms with Crippen molar-refractivity contribution in [3.8, 4) is 0 Å². The number of ether oxygens (including phenoxy) is 1. The van der Waals surface area contributed by atoms with Crippen LogP contribution >= 0.6 is 0 Å². The molecule has 2 rings (SSSR count). The summed E-state index contributed by atoms with van der Waals surface area (Å²) in [5.74, 6) is -0.153. The van der Waals surface area contributed by atoms with Crippen LogP contribution in [0.1, 0.15) is 51.2 Å². The Hall–Kier alpha value is -2.36. The highest BCUT2D eigenvalue weighted by molar-refractivity contribution is 6.16. The summed E-state index contributed by atoms with van der Waals surface area (Å²) < 4.78 is 4.88. The molecule has 1 aromatic carbocycles. The lowest BCUT2D eigenvalue weighted by molar-refractivity contribution is -0.136. The van der Waals surface area contributed by atoms with E-state index >= 15 is 0 Å². The van der Waals surface area contributed by atoms with Crippen molar-refractivity contribution in [3.63, 3.8) is 0 Å². The van der Waals surface area contributed by atoms with Crippen molar-refractivity contribution in [1.82, 2.24) is 4.90 Å². The first-order valence-electron chi connectivity index (χ1n) is 8.33. The maximum absolute atomic E-state index is 12.7. The second-order valence-corrected chi connectivity index (χ2v) is 6.29. The second-order valence-electron chi connectivity index (χ2n) is 6.29. The molecule has 0 spiro atoms. The van der Waals surface area contributed by atoms with Crippen LogP contribution in [0.5, 0.6) is 0 Å². The third-order valence-electron chi connectivity index (χ3n) is 4.26. The first kappa shape index (κ1) is 18.0. The maximum Gasteiger partial charge on any atom is 0.340 e. The Kier molecular flexibility index (Phi) is 5.60. The van der Waals surface area contributed by atoms with Crippen LogP contribution in [0.3, 0.4) is 0 Å². The smallest absolute Gasteiger partial charge is 0.340 e. The molecule has 1 aliphatic heterocycles. The van der Waals surface area contributed by atoms with Crippen LogP contribution in [-0.2, 0) is 14.3 Å². The van der Waals surface area contributed by atoms with Gasteiger partial charge in [-0.3, -0.25) is 4.79 Å². The van der Waals surface area contributed by atoms with Crippen molar-refractivity contribution >= 4 is 18.0 Å². The molecular weight excluding hydrogens is 302 g/mol. The van der Waals surface area contributed by atoms with E-state index in [4.69, 9.17) is 4.74 Å². The average molecular weight is 327 g/mol. The van der Waals surface area contributed by atoms with Crippen molar-refractivity contribution in [1.29, 1.82) is 0 Å². The van der Waals surface area contributed by atoms with Gasteiger partial charge in [-0.2, -0.15) is 0 Å². The van der Waals surface area contributed by atoms with Gasteiger partial charge in [0, 0.05) is 12.2 Å². The first-order chi connectivity index (χ1) is 11.4. The minimum atomic E-state index is -0.468. The Morgan fingerprint density at radius 3 is 2.38 bits per heavy atom. The standard InChI is InChI=1S/C20H25NO3/c1-6-11-21-14(4)18(20(23)24-5)17(19(21)22)12-15-7-9-16(10-8-15)13(2)3/h7-10,12-13H,6,11H2,1-5H3/b17-12-. The molecule has 0 saturated heterocycles.